The molecule has 0 amide bonds. The summed E-state index contributed by atoms with van der Waals surface area (Å²) in [6.07, 6.45) is 0. The molecule has 0 radical (unpaired) electrons. The number of rotatable bonds is 4. The van der Waals surface area contributed by atoms with Gasteiger partial charge in [0.1, 0.15) is 25.6 Å². The molecule has 3 aromatic rings. The first-order valence-electron chi connectivity index (χ1n) is 9.04. The molecule has 146 valence electrons. The lowest BCUT2D eigenvalue weighted by molar-refractivity contribution is 0.104. The minimum Gasteiger partial charge on any atom is -0.492 e. The van der Waals surface area contributed by atoms with Crippen molar-refractivity contribution < 1.29 is 19.0 Å². The lowest BCUT2D eigenvalue weighted by atomic mass is 10.1. The van der Waals surface area contributed by atoms with E-state index >= 15 is 0 Å². The smallest absolute Gasteiger partial charge is 0.196 e. The van der Waals surface area contributed by atoms with Gasteiger partial charge >= 0.3 is 0 Å². The summed E-state index contributed by atoms with van der Waals surface area (Å²) in [6, 6.07) is 9.53. The van der Waals surface area contributed by atoms with Gasteiger partial charge in [0.05, 0.1) is 11.3 Å². The van der Waals surface area contributed by atoms with E-state index < -0.39 is 0 Å². The van der Waals surface area contributed by atoms with Crippen LogP contribution in [0.3, 0.4) is 0 Å². The number of nitrogens with one attached hydrogen (secondary N) is 1. The summed E-state index contributed by atoms with van der Waals surface area (Å²) < 4.78 is 17.2. The molecule has 1 aliphatic carbocycles. The van der Waals surface area contributed by atoms with Crippen molar-refractivity contribution >= 4 is 29.1 Å². The lowest BCUT2D eigenvalue weighted by Gasteiger charge is -2.19. The standard InChI is InChI=1S/C21H20N2O4.ClH/c1-23(2)5-6-25-12-3-4-16-15(9-12)19-20(22-16)13-10-17-18(27-8-7-26-17)11-14(13)21(19)24;/h3-4,9-11,22H,5-8H2,1-2H3;1H. The molecule has 28 heavy (non-hydrogen) atoms. The van der Waals surface area contributed by atoms with Gasteiger partial charge in [-0.05, 0) is 44.4 Å². The number of aromatic amines is 1. The van der Waals surface area contributed by atoms with E-state index in [1.807, 2.05) is 38.4 Å². The minimum atomic E-state index is 0. The second kappa shape index (κ2) is 7.04. The van der Waals surface area contributed by atoms with Gasteiger partial charge in [-0.15, -0.1) is 12.4 Å². The summed E-state index contributed by atoms with van der Waals surface area (Å²) in [7, 11) is 4.02. The van der Waals surface area contributed by atoms with Crippen LogP contribution in [0, 0.1) is 0 Å². The highest BCUT2D eigenvalue weighted by Crippen LogP contribution is 2.46. The molecule has 0 fully saturated rings. The second-order valence-corrected chi connectivity index (χ2v) is 7.10. The van der Waals surface area contributed by atoms with Crippen molar-refractivity contribution in [3.8, 4) is 28.5 Å². The van der Waals surface area contributed by atoms with E-state index in [1.54, 1.807) is 6.07 Å². The monoisotopic (exact) mass is 400 g/mol. The number of fused-ring (bicyclic) bond motifs is 6. The van der Waals surface area contributed by atoms with Crippen LogP contribution in [0.2, 0.25) is 0 Å². The number of H-pyrrole nitrogens is 1. The summed E-state index contributed by atoms with van der Waals surface area (Å²) in [5, 5.41) is 0.883. The number of aromatic nitrogens is 1. The van der Waals surface area contributed by atoms with Crippen LogP contribution in [0.1, 0.15) is 15.9 Å². The van der Waals surface area contributed by atoms with E-state index in [1.165, 1.54) is 0 Å². The third kappa shape index (κ3) is 2.89. The zero-order valence-electron chi connectivity index (χ0n) is 15.7. The van der Waals surface area contributed by atoms with Crippen LogP contribution in [0.25, 0.3) is 22.2 Å². The lowest BCUT2D eigenvalue weighted by Crippen LogP contribution is -2.19. The highest BCUT2D eigenvalue weighted by atomic mass is 35.5. The maximum Gasteiger partial charge on any atom is 0.196 e. The van der Waals surface area contributed by atoms with Crippen molar-refractivity contribution in [3.05, 3.63) is 41.5 Å². The minimum absolute atomic E-state index is 0. The van der Waals surface area contributed by atoms with E-state index in [2.05, 4.69) is 9.88 Å². The largest absolute Gasteiger partial charge is 0.492 e. The number of benzene rings is 2. The molecule has 2 aliphatic rings. The van der Waals surface area contributed by atoms with Crippen LogP contribution in [0.15, 0.2) is 30.3 Å². The quantitative estimate of drug-likeness (QED) is 0.568. The zero-order chi connectivity index (χ0) is 18.5. The summed E-state index contributed by atoms with van der Waals surface area (Å²) in [4.78, 5) is 18.6. The number of nitrogens with zero attached hydrogens (tertiary/aromatic N) is 1. The molecule has 1 aliphatic heterocycles. The SMILES string of the molecule is CN(C)CCOc1ccc2[nH]c3c(c2c1)C(=O)c1cc2c(cc1-3)OCCO2.Cl. The molecule has 5 rings (SSSR count). The second-order valence-electron chi connectivity index (χ2n) is 7.10. The molecule has 2 aromatic carbocycles. The summed E-state index contributed by atoms with van der Waals surface area (Å²) in [5.74, 6) is 2.09. The number of hydrogen-bond acceptors (Lipinski definition) is 5. The fraction of sp³-hybridized carbons (Fsp3) is 0.286. The molecule has 6 nitrogen and oxygen atoms in total. The van der Waals surface area contributed by atoms with Gasteiger partial charge in [0.2, 0.25) is 0 Å². The number of ether oxygens (including phenoxy) is 3. The van der Waals surface area contributed by atoms with E-state index in [-0.39, 0.29) is 18.2 Å². The van der Waals surface area contributed by atoms with Crippen LogP contribution in [-0.2, 0) is 0 Å². The van der Waals surface area contributed by atoms with Crippen LogP contribution in [0.4, 0.5) is 0 Å². The third-order valence-corrected chi connectivity index (χ3v) is 5.00. The summed E-state index contributed by atoms with van der Waals surface area (Å²) >= 11 is 0. The number of ketones is 1. The highest BCUT2D eigenvalue weighted by molar-refractivity contribution is 6.27. The first-order chi connectivity index (χ1) is 13.1. The fourth-order valence-electron chi connectivity index (χ4n) is 3.66. The van der Waals surface area contributed by atoms with Crippen LogP contribution in [0.5, 0.6) is 17.2 Å². The van der Waals surface area contributed by atoms with E-state index in [4.69, 9.17) is 14.2 Å². The summed E-state index contributed by atoms with van der Waals surface area (Å²) in [6.45, 7) is 2.45. The van der Waals surface area contributed by atoms with Crippen molar-refractivity contribution in [1.82, 2.24) is 9.88 Å². The molecule has 0 spiro atoms. The molecular formula is C21H21ClN2O4. The molecular weight excluding hydrogens is 380 g/mol. The third-order valence-electron chi connectivity index (χ3n) is 5.00. The normalized spacial score (nSPS) is 14.0. The van der Waals surface area contributed by atoms with Gasteiger partial charge in [-0.1, -0.05) is 0 Å². The number of carbonyl (C=O) groups is 1. The Labute approximate surface area is 168 Å². The number of hydrogen-bond donors (Lipinski definition) is 1. The van der Waals surface area contributed by atoms with Crippen molar-refractivity contribution in [2.45, 2.75) is 0 Å². The van der Waals surface area contributed by atoms with Gasteiger partial charge in [-0.3, -0.25) is 4.79 Å². The first kappa shape index (κ1) is 18.7. The molecule has 2 heterocycles. The van der Waals surface area contributed by atoms with Crippen molar-refractivity contribution in [3.63, 3.8) is 0 Å². The van der Waals surface area contributed by atoms with E-state index in [9.17, 15) is 4.79 Å². The topological polar surface area (TPSA) is 63.8 Å². The molecule has 0 unspecified atom stereocenters. The van der Waals surface area contributed by atoms with Crippen molar-refractivity contribution in [1.29, 1.82) is 0 Å². The molecule has 7 heteroatoms. The molecule has 1 aromatic heterocycles. The van der Waals surface area contributed by atoms with E-state index in [0.29, 0.717) is 42.4 Å². The average molecular weight is 401 g/mol. The maximum absolute atomic E-state index is 13.1. The zero-order valence-corrected chi connectivity index (χ0v) is 16.5. The van der Waals surface area contributed by atoms with Crippen LogP contribution in [-0.4, -0.2) is 56.1 Å². The Morgan fingerprint density at radius 2 is 1.79 bits per heavy atom. The summed E-state index contributed by atoms with van der Waals surface area (Å²) in [5.41, 5.74) is 3.98. The Kier molecular flexibility index (Phi) is 4.69. The van der Waals surface area contributed by atoms with Crippen molar-refractivity contribution in [2.24, 2.45) is 0 Å². The Bertz CT molecular complexity index is 1070. The van der Waals surface area contributed by atoms with Gasteiger partial charge in [0.25, 0.3) is 0 Å². The maximum atomic E-state index is 13.1. The first-order valence-corrected chi connectivity index (χ1v) is 9.04. The molecule has 1 N–H and O–H groups in total. The van der Waals surface area contributed by atoms with Crippen LogP contribution < -0.4 is 14.2 Å². The molecule has 0 saturated heterocycles. The van der Waals surface area contributed by atoms with E-state index in [0.717, 1.165) is 34.5 Å². The van der Waals surface area contributed by atoms with Gasteiger partial charge in [0, 0.05) is 28.6 Å². The van der Waals surface area contributed by atoms with Crippen LogP contribution >= 0.6 is 12.4 Å². The fourth-order valence-corrected chi connectivity index (χ4v) is 3.66. The number of likely N-dealkylation sites (N-methyl/N-ethyl adjacent to an activating group) is 1. The Hall–Kier alpha value is -2.70. The van der Waals surface area contributed by atoms with Gasteiger partial charge in [0.15, 0.2) is 17.3 Å². The van der Waals surface area contributed by atoms with Crippen molar-refractivity contribution in [2.75, 3.05) is 40.5 Å². The number of halogens is 1. The molecule has 0 saturated carbocycles. The molecule has 0 atom stereocenters. The predicted octanol–water partition coefficient (Wildman–Crippen LogP) is 3.51. The Balaban J connectivity index is 0.00000192. The highest BCUT2D eigenvalue weighted by Gasteiger charge is 2.33. The van der Waals surface area contributed by atoms with Gasteiger partial charge in [-0.2, -0.15) is 0 Å². The predicted molar refractivity (Wildman–Crippen MR) is 109 cm³/mol. The van der Waals surface area contributed by atoms with Gasteiger partial charge in [-0.25, -0.2) is 0 Å². The Morgan fingerprint density at radius 3 is 2.50 bits per heavy atom. The van der Waals surface area contributed by atoms with Gasteiger partial charge < -0.3 is 24.1 Å². The average Bonchev–Trinajstić information content (AvgIpc) is 3.16. The number of carbonyl (C=O) groups excluding carboxylic acids is 1. The molecule has 0 bridgehead atoms. The Morgan fingerprint density at radius 1 is 1.07 bits per heavy atom.